The van der Waals surface area contributed by atoms with Crippen LogP contribution in [-0.4, -0.2) is 30.8 Å². The lowest BCUT2D eigenvalue weighted by molar-refractivity contribution is -0.138. The summed E-state index contributed by atoms with van der Waals surface area (Å²) < 4.78 is 42.1. The molecule has 2 aromatic carbocycles. The normalized spacial score (nSPS) is 16.3. The molecule has 3 heterocycles. The second kappa shape index (κ2) is 9.57. The molecule has 0 unspecified atom stereocenters. The van der Waals surface area contributed by atoms with Crippen LogP contribution >= 0.6 is 11.8 Å². The zero-order valence-corrected chi connectivity index (χ0v) is 19.8. The predicted octanol–water partition coefficient (Wildman–Crippen LogP) is 4.96. The molecule has 0 spiro atoms. The summed E-state index contributed by atoms with van der Waals surface area (Å²) in [4.78, 5) is 25.2. The van der Waals surface area contributed by atoms with Crippen molar-refractivity contribution in [3.8, 4) is 0 Å². The average Bonchev–Trinajstić information content (AvgIpc) is 3.41. The Bertz CT molecular complexity index is 1510. The first kappa shape index (κ1) is 23.7. The maximum Gasteiger partial charge on any atom is 0.416 e. The summed E-state index contributed by atoms with van der Waals surface area (Å²) in [7, 11) is 0. The predicted molar refractivity (Wildman–Crippen MR) is 132 cm³/mol. The van der Waals surface area contributed by atoms with Gasteiger partial charge in [-0.2, -0.15) is 18.3 Å². The van der Waals surface area contributed by atoms with Crippen LogP contribution in [0.2, 0.25) is 0 Å². The topological polar surface area (TPSA) is 85.1 Å². The van der Waals surface area contributed by atoms with Crippen LogP contribution in [0.3, 0.4) is 0 Å². The van der Waals surface area contributed by atoms with Crippen LogP contribution < -0.4 is 5.32 Å². The molecule has 1 aliphatic rings. The first-order valence-corrected chi connectivity index (χ1v) is 11.7. The number of alkyl halides is 3. The van der Waals surface area contributed by atoms with Gasteiger partial charge in [-0.05, 0) is 54.1 Å². The van der Waals surface area contributed by atoms with E-state index in [1.807, 2.05) is 6.07 Å². The highest BCUT2D eigenvalue weighted by Gasteiger charge is 2.33. The molecule has 0 radical (unpaired) electrons. The molecule has 4 aromatic rings. The van der Waals surface area contributed by atoms with Crippen LogP contribution in [0.1, 0.15) is 27.8 Å². The van der Waals surface area contributed by atoms with Gasteiger partial charge in [-0.1, -0.05) is 23.8 Å². The number of hydrogen-bond acceptors (Lipinski definition) is 6. The summed E-state index contributed by atoms with van der Waals surface area (Å²) in [5, 5.41) is 8.29. The monoisotopic (exact) mass is 508 g/mol. The van der Waals surface area contributed by atoms with E-state index in [0.29, 0.717) is 27.7 Å². The zero-order chi connectivity index (χ0) is 25.3. The lowest BCUT2D eigenvalue weighted by Gasteiger charge is -2.14. The molecule has 182 valence electrons. The van der Waals surface area contributed by atoms with Crippen molar-refractivity contribution >= 4 is 39.8 Å². The highest BCUT2D eigenvalue weighted by Crippen LogP contribution is 2.33. The SMILES string of the molecule is Cc1ccc(Cn2ncc3cc(/C=C4\SC(=NCc5cncnc5)NC4=O)ccc32)c(C(F)(F)F)c1. The zero-order valence-electron chi connectivity index (χ0n) is 19.0. The van der Waals surface area contributed by atoms with Gasteiger partial charge in [-0.15, -0.1) is 0 Å². The number of thioether (sulfide) groups is 1. The Labute approximate surface area is 208 Å². The van der Waals surface area contributed by atoms with Gasteiger partial charge in [0.2, 0.25) is 0 Å². The summed E-state index contributed by atoms with van der Waals surface area (Å²) in [6, 6.07) is 9.74. The van der Waals surface area contributed by atoms with Crippen molar-refractivity contribution in [2.45, 2.75) is 26.2 Å². The summed E-state index contributed by atoms with van der Waals surface area (Å²) >= 11 is 1.23. The van der Waals surface area contributed by atoms with E-state index in [-0.39, 0.29) is 18.0 Å². The average molecular weight is 509 g/mol. The van der Waals surface area contributed by atoms with Crippen LogP contribution in [-0.2, 0) is 24.1 Å². The van der Waals surface area contributed by atoms with Gasteiger partial charge in [-0.25, -0.2) is 9.97 Å². The molecule has 2 aromatic heterocycles. The third-order valence-electron chi connectivity index (χ3n) is 5.52. The molecule has 5 rings (SSSR count). The van der Waals surface area contributed by atoms with Gasteiger partial charge >= 0.3 is 6.18 Å². The quantitative estimate of drug-likeness (QED) is 0.385. The van der Waals surface area contributed by atoms with Crippen molar-refractivity contribution in [1.29, 1.82) is 0 Å². The Kier molecular flexibility index (Phi) is 6.31. The number of halogens is 3. The van der Waals surface area contributed by atoms with E-state index >= 15 is 0 Å². The Hall–Kier alpha value is -3.99. The fourth-order valence-electron chi connectivity index (χ4n) is 3.80. The molecule has 0 bridgehead atoms. The second-order valence-electron chi connectivity index (χ2n) is 8.21. The van der Waals surface area contributed by atoms with E-state index in [1.54, 1.807) is 54.5 Å². The maximum absolute atomic E-state index is 13.5. The minimum absolute atomic E-state index is 0.0103. The van der Waals surface area contributed by atoms with Crippen molar-refractivity contribution in [2.24, 2.45) is 4.99 Å². The molecule has 0 atom stereocenters. The molecule has 7 nitrogen and oxygen atoms in total. The third kappa shape index (κ3) is 5.15. The van der Waals surface area contributed by atoms with Gasteiger partial charge in [0.25, 0.3) is 5.91 Å². The van der Waals surface area contributed by atoms with Crippen molar-refractivity contribution in [3.05, 3.63) is 94.0 Å². The van der Waals surface area contributed by atoms with Crippen LogP contribution in [0.5, 0.6) is 0 Å². The van der Waals surface area contributed by atoms with Crippen molar-refractivity contribution < 1.29 is 18.0 Å². The highest BCUT2D eigenvalue weighted by atomic mass is 32.2. The Morgan fingerprint density at radius 3 is 2.69 bits per heavy atom. The van der Waals surface area contributed by atoms with Crippen LogP contribution in [0.4, 0.5) is 13.2 Å². The van der Waals surface area contributed by atoms with Gasteiger partial charge in [0.15, 0.2) is 5.17 Å². The maximum atomic E-state index is 13.5. The van der Waals surface area contributed by atoms with E-state index in [0.717, 1.165) is 22.6 Å². The van der Waals surface area contributed by atoms with Crippen LogP contribution in [0.25, 0.3) is 17.0 Å². The Morgan fingerprint density at radius 1 is 1.11 bits per heavy atom. The standard InChI is InChI=1S/C25H19F3N6OS/c1-15-2-4-18(20(6-15)25(26,27)28)13-34-21-5-3-16(7-19(21)12-32-34)8-22-23(35)33-24(36-22)31-11-17-9-29-14-30-10-17/h2-10,12,14H,11,13H2,1H3,(H,31,33,35)/b22-8-. The molecule has 1 aliphatic heterocycles. The number of aliphatic imine (C=N–C) groups is 1. The van der Waals surface area contributed by atoms with E-state index in [9.17, 15) is 18.0 Å². The molecule has 36 heavy (non-hydrogen) atoms. The van der Waals surface area contributed by atoms with Crippen molar-refractivity contribution in [3.63, 3.8) is 0 Å². The summed E-state index contributed by atoms with van der Waals surface area (Å²) in [5.74, 6) is -0.252. The molecule has 0 aliphatic carbocycles. The van der Waals surface area contributed by atoms with Gasteiger partial charge in [0, 0.05) is 23.3 Å². The largest absolute Gasteiger partial charge is 0.416 e. The number of amides is 1. The number of aromatic nitrogens is 4. The molecule has 11 heteroatoms. The Balaban J connectivity index is 1.35. The lowest BCUT2D eigenvalue weighted by Crippen LogP contribution is -2.19. The number of nitrogens with zero attached hydrogens (tertiary/aromatic N) is 5. The number of aryl methyl sites for hydroxylation is 1. The molecule has 1 saturated heterocycles. The van der Waals surface area contributed by atoms with Crippen molar-refractivity contribution in [2.75, 3.05) is 0 Å². The van der Waals surface area contributed by atoms with Gasteiger partial charge in [0.05, 0.1) is 35.3 Å². The van der Waals surface area contributed by atoms with Crippen molar-refractivity contribution in [1.82, 2.24) is 25.1 Å². The second-order valence-corrected chi connectivity index (χ2v) is 9.24. The number of amidine groups is 1. The van der Waals surface area contributed by atoms with E-state index in [1.165, 1.54) is 24.2 Å². The number of carbonyl (C=O) groups excluding carboxylic acids is 1. The number of hydrogen-bond donors (Lipinski definition) is 1. The fraction of sp³-hybridized carbons (Fsp3) is 0.160. The number of benzene rings is 2. The molecule has 1 fully saturated rings. The van der Waals surface area contributed by atoms with E-state index in [4.69, 9.17) is 0 Å². The Morgan fingerprint density at radius 2 is 1.92 bits per heavy atom. The number of fused-ring (bicyclic) bond motifs is 1. The minimum atomic E-state index is -4.44. The summed E-state index contributed by atoms with van der Waals surface area (Å²) in [6.07, 6.45) is 3.66. The van der Waals surface area contributed by atoms with Gasteiger partial charge < -0.3 is 5.32 Å². The molecular formula is C25H19F3N6OS. The first-order chi connectivity index (χ1) is 17.3. The highest BCUT2D eigenvalue weighted by molar-refractivity contribution is 8.18. The van der Waals surface area contributed by atoms with Crippen LogP contribution in [0, 0.1) is 6.92 Å². The van der Waals surface area contributed by atoms with E-state index in [2.05, 4.69) is 25.4 Å². The summed E-state index contributed by atoms with van der Waals surface area (Å²) in [5.41, 5.74) is 2.33. The summed E-state index contributed by atoms with van der Waals surface area (Å²) in [6.45, 7) is 1.97. The van der Waals surface area contributed by atoms with Gasteiger partial charge in [-0.3, -0.25) is 14.5 Å². The number of carbonyl (C=O) groups is 1. The molecular weight excluding hydrogens is 489 g/mol. The minimum Gasteiger partial charge on any atom is -0.301 e. The smallest absolute Gasteiger partial charge is 0.301 e. The molecule has 1 N–H and O–H groups in total. The number of rotatable bonds is 5. The van der Waals surface area contributed by atoms with Gasteiger partial charge in [0.1, 0.15) is 6.33 Å². The lowest BCUT2D eigenvalue weighted by atomic mass is 10.0. The third-order valence-corrected chi connectivity index (χ3v) is 6.47. The number of nitrogens with one attached hydrogen (secondary N) is 1. The van der Waals surface area contributed by atoms with E-state index < -0.39 is 11.7 Å². The molecule has 0 saturated carbocycles. The first-order valence-electron chi connectivity index (χ1n) is 10.9. The van der Waals surface area contributed by atoms with Crippen LogP contribution in [0.15, 0.2) is 71.2 Å². The fourth-order valence-corrected chi connectivity index (χ4v) is 4.62. The molecule has 1 amide bonds.